The quantitative estimate of drug-likeness (QED) is 0.543. The number of carbonyl (C=O) groups excluding carboxylic acids is 2. The van der Waals surface area contributed by atoms with Crippen molar-refractivity contribution in [2.45, 2.75) is 71.2 Å². The van der Waals surface area contributed by atoms with E-state index in [1.165, 1.54) is 0 Å². The van der Waals surface area contributed by atoms with Gasteiger partial charge in [-0.05, 0) is 41.5 Å². The Morgan fingerprint density at radius 2 is 1.19 bits per heavy atom. The van der Waals surface area contributed by atoms with E-state index in [4.69, 9.17) is 28.4 Å². The number of hydrogen-bond acceptors (Lipinski definition) is 8. The second-order valence-corrected chi connectivity index (χ2v) is 9.29. The van der Waals surface area contributed by atoms with Crippen LogP contribution in [0.15, 0.2) is 30.3 Å². The van der Waals surface area contributed by atoms with Crippen molar-refractivity contribution in [3.05, 3.63) is 35.9 Å². The Kier molecular flexibility index (Phi) is 9.00. The summed E-state index contributed by atoms with van der Waals surface area (Å²) >= 11 is 0. The Morgan fingerprint density at radius 3 is 1.58 bits per heavy atom. The fourth-order valence-corrected chi connectivity index (χ4v) is 2.84. The Hall–Kier alpha value is -2.00. The highest BCUT2D eigenvalue weighted by Gasteiger charge is 2.37. The minimum Gasteiger partial charge on any atom is -0.458 e. The molecule has 2 atom stereocenters. The lowest BCUT2D eigenvalue weighted by atomic mass is 10.2. The van der Waals surface area contributed by atoms with Crippen molar-refractivity contribution >= 4 is 11.9 Å². The molecule has 0 aromatic heterocycles. The normalized spacial score (nSPS) is 21.7. The molecule has 1 aromatic carbocycles. The zero-order chi connectivity index (χ0) is 23.1. The van der Waals surface area contributed by atoms with Crippen molar-refractivity contribution in [2.24, 2.45) is 0 Å². The maximum Gasteiger partial charge on any atom is 0.332 e. The van der Waals surface area contributed by atoms with Gasteiger partial charge in [0, 0.05) is 5.56 Å². The number of carbonyl (C=O) groups is 2. The summed E-state index contributed by atoms with van der Waals surface area (Å²) in [6.45, 7) is 10.6. The predicted molar refractivity (Wildman–Crippen MR) is 112 cm³/mol. The maximum absolute atomic E-state index is 11.9. The van der Waals surface area contributed by atoms with E-state index in [2.05, 4.69) is 0 Å². The van der Waals surface area contributed by atoms with Crippen LogP contribution >= 0.6 is 0 Å². The van der Waals surface area contributed by atoms with Crippen molar-refractivity contribution in [1.29, 1.82) is 0 Å². The average molecular weight is 439 g/mol. The van der Waals surface area contributed by atoms with Gasteiger partial charge in [-0.3, -0.25) is 0 Å². The predicted octanol–water partition coefficient (Wildman–Crippen LogP) is 3.19. The van der Waals surface area contributed by atoms with E-state index in [1.54, 1.807) is 41.5 Å². The summed E-state index contributed by atoms with van der Waals surface area (Å²) in [5, 5.41) is 0. The van der Waals surface area contributed by atoms with Gasteiger partial charge >= 0.3 is 11.9 Å². The molecule has 0 amide bonds. The molecule has 1 saturated heterocycles. The van der Waals surface area contributed by atoms with Gasteiger partial charge in [0.2, 0.25) is 0 Å². The maximum atomic E-state index is 11.9. The Bertz CT molecular complexity index is 663. The molecule has 0 radical (unpaired) electrons. The van der Waals surface area contributed by atoms with E-state index < -0.39 is 41.6 Å². The van der Waals surface area contributed by atoms with E-state index in [9.17, 15) is 9.59 Å². The molecular formula is C23H34O8. The molecule has 1 heterocycles. The minimum absolute atomic E-state index is 0.114. The molecule has 0 bridgehead atoms. The van der Waals surface area contributed by atoms with Crippen LogP contribution in [0, 0.1) is 0 Å². The standard InChI is InChI=1S/C23H34O8/c1-22(2,3)30-19(24)14-26-12-17-18(13-27-15-20(25)31-23(4,5)6)29-21(28-17)16-10-8-7-9-11-16/h7-11,17-18,21H,12-15H2,1-6H3. The van der Waals surface area contributed by atoms with Gasteiger partial charge in [-0.2, -0.15) is 0 Å². The molecule has 1 aliphatic rings. The second-order valence-electron chi connectivity index (χ2n) is 9.29. The van der Waals surface area contributed by atoms with Gasteiger partial charge in [0.05, 0.1) is 13.2 Å². The number of benzene rings is 1. The van der Waals surface area contributed by atoms with E-state index in [1.807, 2.05) is 30.3 Å². The van der Waals surface area contributed by atoms with Crippen LogP contribution in [-0.2, 0) is 38.0 Å². The zero-order valence-electron chi connectivity index (χ0n) is 19.2. The van der Waals surface area contributed by atoms with E-state index in [0.717, 1.165) is 5.56 Å². The molecule has 31 heavy (non-hydrogen) atoms. The molecule has 0 saturated carbocycles. The van der Waals surface area contributed by atoms with Crippen molar-refractivity contribution < 1.29 is 38.0 Å². The summed E-state index contributed by atoms with van der Waals surface area (Å²) in [7, 11) is 0. The number of rotatable bonds is 9. The van der Waals surface area contributed by atoms with E-state index in [-0.39, 0.29) is 26.4 Å². The third kappa shape index (κ3) is 9.78. The van der Waals surface area contributed by atoms with Gasteiger partial charge in [0.1, 0.15) is 36.6 Å². The van der Waals surface area contributed by atoms with E-state index in [0.29, 0.717) is 0 Å². The lowest BCUT2D eigenvalue weighted by Crippen LogP contribution is -2.34. The average Bonchev–Trinajstić information content (AvgIpc) is 3.02. The molecule has 2 rings (SSSR count). The summed E-state index contributed by atoms with van der Waals surface area (Å²) in [6, 6.07) is 9.48. The summed E-state index contributed by atoms with van der Waals surface area (Å²) in [6.07, 6.45) is -1.55. The third-order valence-corrected chi connectivity index (χ3v) is 3.93. The van der Waals surface area contributed by atoms with Crippen LogP contribution < -0.4 is 0 Å². The van der Waals surface area contributed by atoms with Crippen LogP contribution in [0.1, 0.15) is 53.4 Å². The molecule has 0 spiro atoms. The topological polar surface area (TPSA) is 89.5 Å². The third-order valence-electron chi connectivity index (χ3n) is 3.93. The number of esters is 2. The van der Waals surface area contributed by atoms with Crippen molar-refractivity contribution in [3.8, 4) is 0 Å². The molecule has 0 N–H and O–H groups in total. The highest BCUT2D eigenvalue weighted by atomic mass is 16.7. The molecule has 2 unspecified atom stereocenters. The lowest BCUT2D eigenvalue weighted by molar-refractivity contribution is -0.163. The van der Waals surface area contributed by atoms with Crippen molar-refractivity contribution in [1.82, 2.24) is 0 Å². The Morgan fingerprint density at radius 1 is 0.774 bits per heavy atom. The fourth-order valence-electron chi connectivity index (χ4n) is 2.84. The van der Waals surface area contributed by atoms with Crippen LogP contribution in [0.5, 0.6) is 0 Å². The molecular weight excluding hydrogens is 404 g/mol. The van der Waals surface area contributed by atoms with Gasteiger partial charge in [0.15, 0.2) is 6.29 Å². The summed E-state index contributed by atoms with van der Waals surface area (Å²) in [5.41, 5.74) is -0.303. The Balaban J connectivity index is 1.89. The number of ether oxygens (including phenoxy) is 6. The summed E-state index contributed by atoms with van der Waals surface area (Å²) in [4.78, 5) is 23.7. The zero-order valence-corrected chi connectivity index (χ0v) is 19.2. The van der Waals surface area contributed by atoms with Gasteiger partial charge in [-0.15, -0.1) is 0 Å². The summed E-state index contributed by atoms with van der Waals surface area (Å²) < 4.78 is 33.5. The van der Waals surface area contributed by atoms with Crippen molar-refractivity contribution in [3.63, 3.8) is 0 Å². The highest BCUT2D eigenvalue weighted by Crippen LogP contribution is 2.31. The van der Waals surface area contributed by atoms with Gasteiger partial charge in [-0.25, -0.2) is 9.59 Å². The highest BCUT2D eigenvalue weighted by molar-refractivity contribution is 5.71. The number of hydrogen-bond donors (Lipinski definition) is 0. The molecule has 8 heteroatoms. The molecule has 1 fully saturated rings. The van der Waals surface area contributed by atoms with Crippen LogP contribution in [0.25, 0.3) is 0 Å². The molecule has 8 nitrogen and oxygen atoms in total. The van der Waals surface area contributed by atoms with E-state index >= 15 is 0 Å². The first-order valence-electron chi connectivity index (χ1n) is 10.4. The van der Waals surface area contributed by atoms with Crippen molar-refractivity contribution in [2.75, 3.05) is 26.4 Å². The lowest BCUT2D eigenvalue weighted by Gasteiger charge is -2.21. The first-order chi connectivity index (χ1) is 14.4. The smallest absolute Gasteiger partial charge is 0.332 e. The van der Waals surface area contributed by atoms with Crippen LogP contribution in [-0.4, -0.2) is 61.8 Å². The van der Waals surface area contributed by atoms with Crippen LogP contribution in [0.4, 0.5) is 0 Å². The van der Waals surface area contributed by atoms with Gasteiger partial charge < -0.3 is 28.4 Å². The Labute approximate surface area is 184 Å². The van der Waals surface area contributed by atoms with Gasteiger partial charge in [-0.1, -0.05) is 30.3 Å². The second kappa shape index (κ2) is 11.0. The molecule has 1 aromatic rings. The SMILES string of the molecule is CC(C)(C)OC(=O)COCC1OC(c2ccccc2)OC1COCC(=O)OC(C)(C)C. The largest absolute Gasteiger partial charge is 0.458 e. The fraction of sp³-hybridized carbons (Fsp3) is 0.652. The molecule has 0 aliphatic carbocycles. The van der Waals surface area contributed by atoms with Crippen LogP contribution in [0.2, 0.25) is 0 Å². The minimum atomic E-state index is -0.591. The first-order valence-corrected chi connectivity index (χ1v) is 10.4. The monoisotopic (exact) mass is 438 g/mol. The molecule has 174 valence electrons. The van der Waals surface area contributed by atoms with Crippen LogP contribution in [0.3, 0.4) is 0 Å². The van der Waals surface area contributed by atoms with Gasteiger partial charge in [0.25, 0.3) is 0 Å². The summed E-state index contributed by atoms with van der Waals surface area (Å²) in [5.74, 6) is -0.910. The first kappa shape index (κ1) is 25.3. The molecule has 1 aliphatic heterocycles.